The Morgan fingerprint density at radius 3 is 2.44 bits per heavy atom. The smallest absolute Gasteiger partial charge is 0.296 e. The SMILES string of the molecule is Cc1ccc(C(=O)C(=O)Nc2cccc(C[S@@](=O)C3CCCCC3)c2)cc1. The first-order valence-electron chi connectivity index (χ1n) is 9.41. The molecule has 142 valence electrons. The lowest BCUT2D eigenvalue weighted by molar-refractivity contribution is -0.112. The molecule has 0 radical (unpaired) electrons. The Hall–Kier alpha value is -2.27. The quantitative estimate of drug-likeness (QED) is 0.594. The van der Waals surface area contributed by atoms with Gasteiger partial charge in [0.15, 0.2) is 0 Å². The highest BCUT2D eigenvalue weighted by Gasteiger charge is 2.20. The fourth-order valence-corrected chi connectivity index (χ4v) is 4.98. The van der Waals surface area contributed by atoms with Gasteiger partial charge in [-0.1, -0.05) is 61.2 Å². The third-order valence-electron chi connectivity index (χ3n) is 4.94. The number of hydrogen-bond donors (Lipinski definition) is 1. The zero-order valence-electron chi connectivity index (χ0n) is 15.6. The topological polar surface area (TPSA) is 63.2 Å². The Labute approximate surface area is 162 Å². The predicted octanol–water partition coefficient (Wildman–Crippen LogP) is 4.40. The van der Waals surface area contributed by atoms with Crippen LogP contribution in [0.4, 0.5) is 5.69 Å². The number of nitrogens with one attached hydrogen (secondary N) is 1. The highest BCUT2D eigenvalue weighted by molar-refractivity contribution is 7.84. The van der Waals surface area contributed by atoms with Crippen LogP contribution >= 0.6 is 0 Å². The number of benzene rings is 2. The minimum atomic E-state index is -0.899. The van der Waals surface area contributed by atoms with Crippen LogP contribution in [0.1, 0.15) is 53.6 Å². The van der Waals surface area contributed by atoms with E-state index in [1.165, 1.54) is 6.42 Å². The molecule has 1 aliphatic rings. The predicted molar refractivity (Wildman–Crippen MR) is 109 cm³/mol. The summed E-state index contributed by atoms with van der Waals surface area (Å²) in [6.45, 7) is 1.93. The van der Waals surface area contributed by atoms with Gasteiger partial charge in [0.2, 0.25) is 0 Å². The molecule has 0 aromatic heterocycles. The molecule has 5 heteroatoms. The summed E-state index contributed by atoms with van der Waals surface area (Å²) >= 11 is 0. The molecule has 1 aliphatic carbocycles. The molecule has 0 spiro atoms. The van der Waals surface area contributed by atoms with E-state index in [0.29, 0.717) is 17.0 Å². The summed E-state index contributed by atoms with van der Waals surface area (Å²) < 4.78 is 12.6. The van der Waals surface area contributed by atoms with Crippen molar-refractivity contribution in [1.29, 1.82) is 0 Å². The van der Waals surface area contributed by atoms with Gasteiger partial charge in [0.25, 0.3) is 11.7 Å². The molecule has 0 unspecified atom stereocenters. The van der Waals surface area contributed by atoms with Crippen molar-refractivity contribution in [2.45, 2.75) is 50.0 Å². The normalized spacial score (nSPS) is 15.9. The second-order valence-electron chi connectivity index (χ2n) is 7.13. The first-order chi connectivity index (χ1) is 13.0. The Morgan fingerprint density at radius 1 is 1.04 bits per heavy atom. The lowest BCUT2D eigenvalue weighted by Crippen LogP contribution is -2.23. The highest BCUT2D eigenvalue weighted by Crippen LogP contribution is 2.24. The van der Waals surface area contributed by atoms with Crippen LogP contribution in [-0.2, 0) is 21.3 Å². The van der Waals surface area contributed by atoms with E-state index in [1.54, 1.807) is 24.3 Å². The molecular weight excluding hydrogens is 358 g/mol. The van der Waals surface area contributed by atoms with Gasteiger partial charge in [-0.05, 0) is 37.5 Å². The third kappa shape index (κ3) is 5.36. The van der Waals surface area contributed by atoms with E-state index in [1.807, 2.05) is 31.2 Å². The molecule has 1 atom stereocenters. The van der Waals surface area contributed by atoms with Crippen LogP contribution < -0.4 is 5.32 Å². The van der Waals surface area contributed by atoms with Gasteiger partial charge in [0.1, 0.15) is 0 Å². The van der Waals surface area contributed by atoms with Crippen LogP contribution in [0, 0.1) is 6.92 Å². The second kappa shape index (κ2) is 9.09. The molecule has 1 amide bonds. The summed E-state index contributed by atoms with van der Waals surface area (Å²) in [6, 6.07) is 14.2. The number of carbonyl (C=O) groups excluding carboxylic acids is 2. The molecule has 4 nitrogen and oxygen atoms in total. The summed E-state index contributed by atoms with van der Waals surface area (Å²) in [6.07, 6.45) is 5.63. The fourth-order valence-electron chi connectivity index (χ4n) is 3.37. The first kappa shape index (κ1) is 19.5. The fraction of sp³-hybridized carbons (Fsp3) is 0.364. The number of ketones is 1. The van der Waals surface area contributed by atoms with Gasteiger partial charge >= 0.3 is 0 Å². The number of amides is 1. The summed E-state index contributed by atoms with van der Waals surface area (Å²) in [5.41, 5.74) is 2.87. The van der Waals surface area contributed by atoms with Crippen molar-refractivity contribution >= 4 is 28.2 Å². The van der Waals surface area contributed by atoms with Gasteiger partial charge in [-0.3, -0.25) is 13.8 Å². The van der Waals surface area contributed by atoms with Gasteiger partial charge < -0.3 is 5.32 Å². The van der Waals surface area contributed by atoms with Crippen molar-refractivity contribution in [3.63, 3.8) is 0 Å². The minimum Gasteiger partial charge on any atom is -0.319 e. The largest absolute Gasteiger partial charge is 0.319 e. The maximum Gasteiger partial charge on any atom is 0.296 e. The summed E-state index contributed by atoms with van der Waals surface area (Å²) in [5.74, 6) is -0.740. The molecule has 0 bridgehead atoms. The zero-order valence-corrected chi connectivity index (χ0v) is 16.4. The number of carbonyl (C=O) groups is 2. The van der Waals surface area contributed by atoms with Crippen LogP contribution in [0.15, 0.2) is 48.5 Å². The first-order valence-corrected chi connectivity index (χ1v) is 10.8. The van der Waals surface area contributed by atoms with Crippen molar-refractivity contribution in [1.82, 2.24) is 0 Å². The van der Waals surface area contributed by atoms with Crippen molar-refractivity contribution in [2.75, 3.05) is 5.32 Å². The van der Waals surface area contributed by atoms with Crippen molar-refractivity contribution < 1.29 is 13.8 Å². The van der Waals surface area contributed by atoms with E-state index >= 15 is 0 Å². The number of anilines is 1. The molecule has 1 fully saturated rings. The van der Waals surface area contributed by atoms with Gasteiger partial charge in [0.05, 0.1) is 0 Å². The molecule has 0 aliphatic heterocycles. The molecule has 2 aromatic carbocycles. The second-order valence-corrected chi connectivity index (χ2v) is 8.85. The maximum atomic E-state index is 12.6. The number of rotatable bonds is 6. The van der Waals surface area contributed by atoms with E-state index < -0.39 is 22.5 Å². The van der Waals surface area contributed by atoms with Crippen LogP contribution in [0.3, 0.4) is 0 Å². The summed E-state index contributed by atoms with van der Waals surface area (Å²) in [5, 5.41) is 2.94. The molecule has 3 rings (SSSR count). The van der Waals surface area contributed by atoms with E-state index in [9.17, 15) is 13.8 Å². The number of aryl methyl sites for hydroxylation is 1. The van der Waals surface area contributed by atoms with Crippen molar-refractivity contribution in [2.24, 2.45) is 0 Å². The Morgan fingerprint density at radius 2 is 1.74 bits per heavy atom. The average Bonchev–Trinajstić information content (AvgIpc) is 2.69. The molecule has 1 saturated carbocycles. The molecule has 27 heavy (non-hydrogen) atoms. The average molecular weight is 384 g/mol. The van der Waals surface area contributed by atoms with Gasteiger partial charge in [0, 0.05) is 33.1 Å². The molecule has 2 aromatic rings. The van der Waals surface area contributed by atoms with E-state index in [-0.39, 0.29) is 5.25 Å². The molecule has 1 N–H and O–H groups in total. The van der Waals surface area contributed by atoms with Crippen molar-refractivity contribution in [3.8, 4) is 0 Å². The highest BCUT2D eigenvalue weighted by atomic mass is 32.2. The Balaban J connectivity index is 1.62. The van der Waals surface area contributed by atoms with Crippen LogP contribution in [-0.4, -0.2) is 21.1 Å². The van der Waals surface area contributed by atoms with Crippen LogP contribution in [0.25, 0.3) is 0 Å². The lowest BCUT2D eigenvalue weighted by atomic mass is 10.0. The molecular formula is C22H25NO3S. The van der Waals surface area contributed by atoms with Gasteiger partial charge in [-0.15, -0.1) is 0 Å². The molecule has 0 saturated heterocycles. The standard InChI is InChI=1S/C22H25NO3S/c1-16-10-12-18(13-11-16)21(24)22(25)23-19-7-5-6-17(14-19)15-27(26)20-8-3-2-4-9-20/h5-7,10-14,20H,2-4,8-9,15H2,1H3,(H,23,25)/t27-/m1/s1. The summed E-state index contributed by atoms with van der Waals surface area (Å²) in [7, 11) is -0.899. The van der Waals surface area contributed by atoms with Gasteiger partial charge in [-0.2, -0.15) is 0 Å². The van der Waals surface area contributed by atoms with Crippen molar-refractivity contribution in [3.05, 3.63) is 65.2 Å². The van der Waals surface area contributed by atoms with E-state index in [0.717, 1.165) is 36.8 Å². The molecule has 0 heterocycles. The van der Waals surface area contributed by atoms with Crippen LogP contribution in [0.5, 0.6) is 0 Å². The van der Waals surface area contributed by atoms with Crippen LogP contribution in [0.2, 0.25) is 0 Å². The number of Topliss-reactive ketones (excluding diaryl/α,β-unsaturated/α-hetero) is 1. The zero-order chi connectivity index (χ0) is 19.2. The Bertz CT molecular complexity index is 839. The minimum absolute atomic E-state index is 0.278. The third-order valence-corrected chi connectivity index (χ3v) is 6.77. The van der Waals surface area contributed by atoms with E-state index in [2.05, 4.69) is 5.32 Å². The maximum absolute atomic E-state index is 12.6. The Kier molecular flexibility index (Phi) is 6.56. The monoisotopic (exact) mass is 383 g/mol. The van der Waals surface area contributed by atoms with E-state index in [4.69, 9.17) is 0 Å². The van der Waals surface area contributed by atoms with Gasteiger partial charge in [-0.25, -0.2) is 0 Å². The number of hydrogen-bond acceptors (Lipinski definition) is 3. The lowest BCUT2D eigenvalue weighted by Gasteiger charge is -2.21. The summed E-state index contributed by atoms with van der Waals surface area (Å²) in [4.78, 5) is 24.5.